The van der Waals surface area contributed by atoms with Crippen molar-refractivity contribution in [2.45, 2.75) is 65.2 Å². The van der Waals surface area contributed by atoms with E-state index in [9.17, 15) is 4.79 Å². The van der Waals surface area contributed by atoms with E-state index in [2.05, 4.69) is 66.2 Å². The van der Waals surface area contributed by atoms with E-state index in [0.29, 0.717) is 5.95 Å². The number of carbonyl (C=O) groups excluding carboxylic acids is 1. The predicted molar refractivity (Wildman–Crippen MR) is 128 cm³/mol. The maximum atomic E-state index is 12.1. The summed E-state index contributed by atoms with van der Waals surface area (Å²) in [6.07, 6.45) is 5.21. The van der Waals surface area contributed by atoms with Crippen LogP contribution in [0.3, 0.4) is 0 Å². The van der Waals surface area contributed by atoms with Gasteiger partial charge in [-0.1, -0.05) is 32.0 Å². The highest BCUT2D eigenvalue weighted by molar-refractivity contribution is 5.92. The summed E-state index contributed by atoms with van der Waals surface area (Å²) in [6, 6.07) is 10.7. The molecular formula is C26H33N5O. The molecule has 168 valence electrons. The Morgan fingerprint density at radius 3 is 2.59 bits per heavy atom. The first-order valence-electron chi connectivity index (χ1n) is 11.9. The van der Waals surface area contributed by atoms with E-state index in [1.807, 2.05) is 16.6 Å². The molecule has 6 heteroatoms. The Kier molecular flexibility index (Phi) is 5.19. The minimum atomic E-state index is 0.0381. The van der Waals surface area contributed by atoms with Crippen molar-refractivity contribution in [3.05, 3.63) is 52.6 Å². The Balaban J connectivity index is 1.37. The number of benzene rings is 1. The highest BCUT2D eigenvalue weighted by Gasteiger charge is 2.34. The minimum absolute atomic E-state index is 0.0381. The van der Waals surface area contributed by atoms with E-state index in [1.165, 1.54) is 22.3 Å². The quantitative estimate of drug-likeness (QED) is 0.629. The van der Waals surface area contributed by atoms with Crippen molar-refractivity contribution >= 4 is 23.3 Å². The molecule has 0 radical (unpaired) electrons. The van der Waals surface area contributed by atoms with Gasteiger partial charge in [-0.15, -0.1) is 5.10 Å². The van der Waals surface area contributed by atoms with Crippen LogP contribution in [-0.4, -0.2) is 33.6 Å². The van der Waals surface area contributed by atoms with Gasteiger partial charge in [0.15, 0.2) is 5.65 Å². The number of fused-ring (bicyclic) bond motifs is 1. The van der Waals surface area contributed by atoms with Crippen molar-refractivity contribution in [3.63, 3.8) is 0 Å². The topological polar surface area (TPSA) is 62.5 Å². The molecule has 1 saturated carbocycles. The van der Waals surface area contributed by atoms with Crippen LogP contribution in [0, 0.1) is 19.8 Å². The number of anilines is 2. The molecule has 6 nitrogen and oxygen atoms in total. The molecule has 2 aromatic heterocycles. The van der Waals surface area contributed by atoms with E-state index < -0.39 is 0 Å². The lowest BCUT2D eigenvalue weighted by atomic mass is 9.71. The first-order valence-corrected chi connectivity index (χ1v) is 11.9. The first-order chi connectivity index (χ1) is 15.4. The summed E-state index contributed by atoms with van der Waals surface area (Å²) in [6.45, 7) is 11.1. The summed E-state index contributed by atoms with van der Waals surface area (Å²) < 4.78 is 1.87. The van der Waals surface area contributed by atoms with Gasteiger partial charge in [0.25, 0.3) is 0 Å². The highest BCUT2D eigenvalue weighted by atomic mass is 16.2. The highest BCUT2D eigenvalue weighted by Crippen LogP contribution is 2.39. The normalized spacial score (nSPS) is 18.2. The monoisotopic (exact) mass is 431 g/mol. The largest absolute Gasteiger partial charge is 0.356 e. The SMILES string of the molecule is CCc1c(C)ccc(C2(C)CCN(c3cccc4nc(NC(=O)C5CC5)nn34)CC2)c1C. The second-order valence-corrected chi connectivity index (χ2v) is 9.79. The fraction of sp³-hybridized carbons (Fsp3) is 0.500. The van der Waals surface area contributed by atoms with Crippen molar-refractivity contribution in [2.75, 3.05) is 23.3 Å². The van der Waals surface area contributed by atoms with Crippen LogP contribution in [0.5, 0.6) is 0 Å². The zero-order valence-corrected chi connectivity index (χ0v) is 19.6. The average molecular weight is 432 g/mol. The van der Waals surface area contributed by atoms with Gasteiger partial charge in [-0.3, -0.25) is 10.1 Å². The molecule has 0 unspecified atom stereocenters. The lowest BCUT2D eigenvalue weighted by Gasteiger charge is -2.41. The van der Waals surface area contributed by atoms with Crippen LogP contribution in [0.2, 0.25) is 0 Å². The van der Waals surface area contributed by atoms with Gasteiger partial charge >= 0.3 is 0 Å². The van der Waals surface area contributed by atoms with E-state index in [4.69, 9.17) is 0 Å². The number of nitrogens with one attached hydrogen (secondary N) is 1. The number of hydrogen-bond acceptors (Lipinski definition) is 4. The van der Waals surface area contributed by atoms with Crippen LogP contribution in [0.25, 0.3) is 5.65 Å². The van der Waals surface area contributed by atoms with E-state index >= 15 is 0 Å². The molecule has 5 rings (SSSR count). The van der Waals surface area contributed by atoms with Gasteiger partial charge in [-0.05, 0) is 85.8 Å². The molecule has 1 aliphatic carbocycles. The number of pyridine rings is 1. The van der Waals surface area contributed by atoms with Crippen molar-refractivity contribution in [3.8, 4) is 0 Å². The van der Waals surface area contributed by atoms with Gasteiger partial charge in [0, 0.05) is 19.0 Å². The Bertz CT molecular complexity index is 1170. The maximum Gasteiger partial charge on any atom is 0.249 e. The van der Waals surface area contributed by atoms with Gasteiger partial charge in [-0.2, -0.15) is 9.50 Å². The van der Waals surface area contributed by atoms with E-state index in [1.54, 1.807) is 0 Å². The summed E-state index contributed by atoms with van der Waals surface area (Å²) in [5.41, 5.74) is 6.82. The second-order valence-electron chi connectivity index (χ2n) is 9.79. The second kappa shape index (κ2) is 7.91. The summed E-state index contributed by atoms with van der Waals surface area (Å²) in [5.74, 6) is 1.62. The third kappa shape index (κ3) is 3.65. The minimum Gasteiger partial charge on any atom is -0.356 e. The van der Waals surface area contributed by atoms with Gasteiger partial charge in [0.1, 0.15) is 5.82 Å². The summed E-state index contributed by atoms with van der Waals surface area (Å²) in [7, 11) is 0. The first kappa shape index (κ1) is 21.0. The number of rotatable bonds is 5. The van der Waals surface area contributed by atoms with Crippen molar-refractivity contribution in [1.29, 1.82) is 0 Å². The maximum absolute atomic E-state index is 12.1. The molecule has 32 heavy (non-hydrogen) atoms. The van der Waals surface area contributed by atoms with E-state index in [-0.39, 0.29) is 17.2 Å². The van der Waals surface area contributed by atoms with Crippen LogP contribution in [0.15, 0.2) is 30.3 Å². The molecule has 3 heterocycles. The van der Waals surface area contributed by atoms with Crippen LogP contribution in [-0.2, 0) is 16.6 Å². The molecule has 1 amide bonds. The van der Waals surface area contributed by atoms with Crippen LogP contribution < -0.4 is 10.2 Å². The molecule has 0 spiro atoms. The Hall–Kier alpha value is -2.89. The third-order valence-electron chi connectivity index (χ3n) is 7.55. The molecule has 0 atom stereocenters. The number of nitrogens with zero attached hydrogens (tertiary/aromatic N) is 4. The summed E-state index contributed by atoms with van der Waals surface area (Å²) >= 11 is 0. The van der Waals surface area contributed by atoms with Gasteiger partial charge in [0.05, 0.1) is 0 Å². The van der Waals surface area contributed by atoms with Crippen molar-refractivity contribution < 1.29 is 4.79 Å². The number of hydrogen-bond donors (Lipinski definition) is 1. The van der Waals surface area contributed by atoms with Crippen LogP contribution in [0.4, 0.5) is 11.8 Å². The molecule has 2 aliphatic rings. The Morgan fingerprint density at radius 1 is 1.16 bits per heavy atom. The Morgan fingerprint density at radius 2 is 1.91 bits per heavy atom. The number of carbonyl (C=O) groups is 1. The smallest absolute Gasteiger partial charge is 0.249 e. The van der Waals surface area contributed by atoms with Gasteiger partial charge < -0.3 is 4.90 Å². The van der Waals surface area contributed by atoms with Crippen LogP contribution >= 0.6 is 0 Å². The zero-order chi connectivity index (χ0) is 22.5. The zero-order valence-electron chi connectivity index (χ0n) is 19.6. The summed E-state index contributed by atoms with van der Waals surface area (Å²) in [4.78, 5) is 19.1. The summed E-state index contributed by atoms with van der Waals surface area (Å²) in [5, 5.41) is 7.49. The standard InChI is InChI=1S/C26H33N5O/c1-5-20-17(2)9-12-21(18(20)3)26(4)13-15-30(16-14-26)23-8-6-7-22-27-25(29-31(22)23)28-24(32)19-10-11-19/h6-9,12,19H,5,10-11,13-16H2,1-4H3,(H,28,29,32). The fourth-order valence-electron chi connectivity index (χ4n) is 5.33. The molecule has 2 fully saturated rings. The number of aromatic nitrogens is 3. The average Bonchev–Trinajstić information content (AvgIpc) is 3.54. The lowest BCUT2D eigenvalue weighted by molar-refractivity contribution is -0.117. The van der Waals surface area contributed by atoms with Crippen molar-refractivity contribution in [1.82, 2.24) is 14.6 Å². The molecule has 3 aromatic rings. The Labute approximate surface area is 190 Å². The predicted octanol–water partition coefficient (Wildman–Crippen LogP) is 4.82. The number of piperidine rings is 1. The molecule has 1 N–H and O–H groups in total. The number of aryl methyl sites for hydroxylation is 1. The number of amides is 1. The molecule has 1 aliphatic heterocycles. The molecular weight excluding hydrogens is 398 g/mol. The van der Waals surface area contributed by atoms with Crippen molar-refractivity contribution in [2.24, 2.45) is 5.92 Å². The molecule has 1 aromatic carbocycles. The molecule has 1 saturated heterocycles. The third-order valence-corrected chi connectivity index (χ3v) is 7.55. The van der Waals surface area contributed by atoms with Gasteiger partial charge in [-0.25, -0.2) is 0 Å². The fourth-order valence-corrected chi connectivity index (χ4v) is 5.33. The van der Waals surface area contributed by atoms with Crippen LogP contribution in [0.1, 0.15) is 61.8 Å². The molecule has 0 bridgehead atoms. The van der Waals surface area contributed by atoms with Gasteiger partial charge in [0.2, 0.25) is 11.9 Å². The lowest BCUT2D eigenvalue weighted by Crippen LogP contribution is -2.42. The van der Waals surface area contributed by atoms with E-state index in [0.717, 1.165) is 56.7 Å².